The molecule has 1 aliphatic heterocycles. The molecule has 0 amide bonds. The second kappa shape index (κ2) is 4.58. The Morgan fingerprint density at radius 3 is 2.31 bits per heavy atom. The first-order valence-electron chi connectivity index (χ1n) is 5.29. The minimum atomic E-state index is -3.55. The van der Waals surface area contributed by atoms with Gasteiger partial charge in [0.1, 0.15) is 0 Å². The van der Waals surface area contributed by atoms with Crippen LogP contribution in [0.3, 0.4) is 0 Å². The van der Waals surface area contributed by atoms with Gasteiger partial charge in [-0.25, -0.2) is 0 Å². The van der Waals surface area contributed by atoms with Crippen molar-refractivity contribution in [3.05, 3.63) is 0 Å². The first-order valence-corrected chi connectivity index (χ1v) is 6.73. The van der Waals surface area contributed by atoms with E-state index in [1.54, 1.807) is 20.8 Å². The van der Waals surface area contributed by atoms with Gasteiger partial charge in [0.25, 0.3) is 10.2 Å². The van der Waals surface area contributed by atoms with Crippen LogP contribution in [0.15, 0.2) is 0 Å². The highest BCUT2D eigenvalue weighted by Crippen LogP contribution is 2.13. The number of aliphatic hydroxyl groups excluding tert-OH is 1. The van der Waals surface area contributed by atoms with Crippen LogP contribution in [-0.2, 0) is 10.2 Å². The summed E-state index contributed by atoms with van der Waals surface area (Å²) in [6, 6.07) is -0.403. The molecule has 0 radical (unpaired) electrons. The smallest absolute Gasteiger partial charge is 0.280 e. The first kappa shape index (κ1) is 13.9. The molecule has 0 spiro atoms. The summed E-state index contributed by atoms with van der Waals surface area (Å²) in [5.74, 6) is 0. The Kier molecular flexibility index (Phi) is 3.96. The fourth-order valence-corrected chi connectivity index (χ4v) is 3.15. The van der Waals surface area contributed by atoms with E-state index < -0.39 is 27.9 Å². The fraction of sp³-hybridized carbons (Fsp3) is 1.00. The van der Waals surface area contributed by atoms with Crippen molar-refractivity contribution < 1.29 is 13.5 Å². The van der Waals surface area contributed by atoms with E-state index in [0.717, 1.165) is 0 Å². The van der Waals surface area contributed by atoms with Crippen LogP contribution in [-0.4, -0.2) is 55.7 Å². The van der Waals surface area contributed by atoms with Crippen molar-refractivity contribution in [3.8, 4) is 0 Å². The van der Waals surface area contributed by atoms with E-state index in [9.17, 15) is 13.5 Å². The van der Waals surface area contributed by atoms with Gasteiger partial charge in [-0.3, -0.25) is 0 Å². The lowest BCUT2D eigenvalue weighted by Crippen LogP contribution is -2.53. The van der Waals surface area contributed by atoms with Crippen LogP contribution in [0, 0.1) is 0 Å². The van der Waals surface area contributed by atoms with Gasteiger partial charge in [0.15, 0.2) is 0 Å². The summed E-state index contributed by atoms with van der Waals surface area (Å²) < 4.78 is 27.7. The highest BCUT2D eigenvalue weighted by Gasteiger charge is 2.36. The van der Waals surface area contributed by atoms with Gasteiger partial charge in [-0.05, 0) is 20.8 Å². The topological polar surface area (TPSA) is 81.7 Å². The van der Waals surface area contributed by atoms with Crippen molar-refractivity contribution in [3.63, 3.8) is 0 Å². The lowest BCUT2D eigenvalue weighted by Gasteiger charge is -2.29. The lowest BCUT2D eigenvalue weighted by molar-refractivity contribution is 0.135. The maximum atomic E-state index is 12.0. The molecule has 1 saturated heterocycles. The van der Waals surface area contributed by atoms with E-state index in [0.29, 0.717) is 13.1 Å². The SMILES string of the molecule is CN([C@H]1CNC[C@@H]1O)S(=O)(=O)NC(C)(C)C. The number of aliphatic hydroxyl groups is 1. The van der Waals surface area contributed by atoms with Crippen LogP contribution in [0.1, 0.15) is 20.8 Å². The van der Waals surface area contributed by atoms with Gasteiger partial charge in [0.05, 0.1) is 12.1 Å². The van der Waals surface area contributed by atoms with Crippen LogP contribution in [0.5, 0.6) is 0 Å². The third-order valence-corrected chi connectivity index (χ3v) is 4.33. The Balaban J connectivity index is 2.76. The normalized spacial score (nSPS) is 27.6. The van der Waals surface area contributed by atoms with Crippen LogP contribution < -0.4 is 10.0 Å². The molecule has 1 aliphatic rings. The van der Waals surface area contributed by atoms with E-state index in [2.05, 4.69) is 10.0 Å². The van der Waals surface area contributed by atoms with Crippen molar-refractivity contribution >= 4 is 10.2 Å². The Morgan fingerprint density at radius 1 is 1.38 bits per heavy atom. The summed E-state index contributed by atoms with van der Waals surface area (Å²) in [5.41, 5.74) is -0.524. The highest BCUT2D eigenvalue weighted by molar-refractivity contribution is 7.87. The van der Waals surface area contributed by atoms with Crippen LogP contribution in [0.2, 0.25) is 0 Å². The Bertz CT molecular complexity index is 336. The predicted molar refractivity (Wildman–Crippen MR) is 62.2 cm³/mol. The zero-order valence-electron chi connectivity index (χ0n) is 10.2. The van der Waals surface area contributed by atoms with E-state index in [4.69, 9.17) is 0 Å². The molecular formula is C9H21N3O3S. The van der Waals surface area contributed by atoms with Gasteiger partial charge >= 0.3 is 0 Å². The number of likely N-dealkylation sites (N-methyl/N-ethyl adjacent to an activating group) is 1. The zero-order valence-corrected chi connectivity index (χ0v) is 11.0. The van der Waals surface area contributed by atoms with Gasteiger partial charge in [0.2, 0.25) is 0 Å². The van der Waals surface area contributed by atoms with Gasteiger partial charge in [-0.15, -0.1) is 0 Å². The zero-order chi connectivity index (χ0) is 12.6. The first-order chi connectivity index (χ1) is 7.13. The van der Waals surface area contributed by atoms with Gasteiger partial charge in [0, 0.05) is 25.7 Å². The summed E-state index contributed by atoms with van der Waals surface area (Å²) in [6.45, 7) is 6.24. The Morgan fingerprint density at radius 2 is 1.94 bits per heavy atom. The summed E-state index contributed by atoms with van der Waals surface area (Å²) in [7, 11) is -2.07. The molecule has 7 heteroatoms. The van der Waals surface area contributed by atoms with E-state index in [1.807, 2.05) is 0 Å². The second-order valence-corrected chi connectivity index (χ2v) is 6.90. The van der Waals surface area contributed by atoms with Gasteiger partial charge in [-0.1, -0.05) is 0 Å². The Labute approximate surface area is 97.2 Å². The van der Waals surface area contributed by atoms with Crippen LogP contribution >= 0.6 is 0 Å². The summed E-state index contributed by atoms with van der Waals surface area (Å²) in [4.78, 5) is 0. The number of nitrogens with zero attached hydrogens (tertiary/aromatic N) is 1. The third kappa shape index (κ3) is 3.39. The average Bonchev–Trinajstić information content (AvgIpc) is 2.45. The molecule has 3 N–H and O–H groups in total. The van der Waals surface area contributed by atoms with Gasteiger partial charge in [-0.2, -0.15) is 17.4 Å². The number of β-amino-alcohol motifs (C(OH)–C–C–N with tert-alkyl or cyclic N) is 1. The van der Waals surface area contributed by atoms with Crippen LogP contribution in [0.4, 0.5) is 0 Å². The van der Waals surface area contributed by atoms with Crippen molar-refractivity contribution in [2.24, 2.45) is 0 Å². The second-order valence-electron chi connectivity index (χ2n) is 5.17. The summed E-state index contributed by atoms with van der Waals surface area (Å²) in [6.07, 6.45) is -0.651. The fourth-order valence-electron chi connectivity index (χ4n) is 1.66. The molecule has 0 unspecified atom stereocenters. The van der Waals surface area contributed by atoms with Crippen molar-refractivity contribution in [2.75, 3.05) is 20.1 Å². The molecule has 2 atom stereocenters. The molecular weight excluding hydrogens is 230 g/mol. The maximum Gasteiger partial charge on any atom is 0.280 e. The minimum Gasteiger partial charge on any atom is -0.390 e. The molecule has 1 rings (SSSR count). The number of nitrogens with one attached hydrogen (secondary N) is 2. The molecule has 1 fully saturated rings. The number of rotatable bonds is 3. The lowest BCUT2D eigenvalue weighted by atomic mass is 10.1. The Hall–Kier alpha value is -0.210. The standard InChI is InChI=1S/C9H21N3O3S/c1-9(2,3)11-16(14,15)12(4)7-5-10-6-8(7)13/h7-8,10-11,13H,5-6H2,1-4H3/t7-,8-/m0/s1. The maximum absolute atomic E-state index is 12.0. The number of hydrogen-bond donors (Lipinski definition) is 3. The van der Waals surface area contributed by atoms with Gasteiger partial charge < -0.3 is 10.4 Å². The molecule has 16 heavy (non-hydrogen) atoms. The summed E-state index contributed by atoms with van der Waals surface area (Å²) >= 11 is 0. The summed E-state index contributed by atoms with van der Waals surface area (Å²) in [5, 5.41) is 12.6. The minimum absolute atomic E-state index is 0.403. The van der Waals surface area contributed by atoms with E-state index in [1.165, 1.54) is 11.4 Å². The van der Waals surface area contributed by atoms with Crippen LogP contribution in [0.25, 0.3) is 0 Å². The molecule has 0 bridgehead atoms. The van der Waals surface area contributed by atoms with Crippen molar-refractivity contribution in [2.45, 2.75) is 38.5 Å². The van der Waals surface area contributed by atoms with Crippen molar-refractivity contribution in [1.82, 2.24) is 14.3 Å². The predicted octanol–water partition coefficient (Wildman–Crippen LogP) is -1.12. The monoisotopic (exact) mass is 251 g/mol. The largest absolute Gasteiger partial charge is 0.390 e. The van der Waals surface area contributed by atoms with E-state index >= 15 is 0 Å². The van der Waals surface area contributed by atoms with Crippen molar-refractivity contribution in [1.29, 1.82) is 0 Å². The van der Waals surface area contributed by atoms with E-state index in [-0.39, 0.29) is 0 Å². The average molecular weight is 251 g/mol. The highest BCUT2D eigenvalue weighted by atomic mass is 32.2. The molecule has 0 aliphatic carbocycles. The number of hydrogen-bond acceptors (Lipinski definition) is 4. The third-order valence-electron chi connectivity index (χ3n) is 2.43. The molecule has 0 aromatic carbocycles. The molecule has 0 aromatic heterocycles. The molecule has 6 nitrogen and oxygen atoms in total. The molecule has 1 heterocycles. The quantitative estimate of drug-likeness (QED) is 0.594. The molecule has 0 aromatic rings. The molecule has 96 valence electrons. The molecule has 0 saturated carbocycles.